The Balaban J connectivity index is 2.87. The molecule has 7 heteroatoms. The molecule has 0 atom stereocenters. The molecule has 1 rings (SSSR count). The second-order valence-corrected chi connectivity index (χ2v) is 4.45. The lowest BCUT2D eigenvalue weighted by Crippen LogP contribution is -1.95. The van der Waals surface area contributed by atoms with Crippen molar-refractivity contribution in [1.29, 1.82) is 0 Å². The van der Waals surface area contributed by atoms with Gasteiger partial charge in [-0.05, 0) is 0 Å². The van der Waals surface area contributed by atoms with Crippen molar-refractivity contribution in [1.82, 2.24) is 4.98 Å². The first kappa shape index (κ1) is 14.2. The molecule has 0 aliphatic heterocycles. The van der Waals surface area contributed by atoms with Crippen LogP contribution in [0.1, 0.15) is 12.5 Å². The van der Waals surface area contributed by atoms with Crippen molar-refractivity contribution in [2.24, 2.45) is 0 Å². The molecule has 1 aromatic heterocycles. The summed E-state index contributed by atoms with van der Waals surface area (Å²) in [7, 11) is 1.44. The summed E-state index contributed by atoms with van der Waals surface area (Å²) < 4.78 is 5.00. The molecule has 96 valence electrons. The third-order valence-corrected chi connectivity index (χ3v) is 2.71. The summed E-state index contributed by atoms with van der Waals surface area (Å²) in [6.07, 6.45) is 4.52. The average Bonchev–Trinajstić information content (AvgIpc) is 2.34. The van der Waals surface area contributed by atoms with E-state index in [-0.39, 0.29) is 10.8 Å². The maximum absolute atomic E-state index is 10.7. The summed E-state index contributed by atoms with van der Waals surface area (Å²) in [5.41, 5.74) is 0.408. The van der Waals surface area contributed by atoms with E-state index < -0.39 is 4.92 Å². The van der Waals surface area contributed by atoms with Crippen molar-refractivity contribution in [3.8, 4) is 5.88 Å². The molecule has 6 nitrogen and oxygen atoms in total. The Morgan fingerprint density at radius 3 is 2.94 bits per heavy atom. The number of methoxy groups -OCH3 is 1. The first-order valence-corrected chi connectivity index (χ1v) is 6.01. The van der Waals surface area contributed by atoms with Crippen LogP contribution in [0.2, 0.25) is 0 Å². The van der Waals surface area contributed by atoms with Gasteiger partial charge >= 0.3 is 0 Å². The summed E-state index contributed by atoms with van der Waals surface area (Å²) in [6.45, 7) is 1.48. The van der Waals surface area contributed by atoms with E-state index in [2.05, 4.69) is 4.98 Å². The normalized spacial score (nSPS) is 10.6. The molecule has 0 saturated carbocycles. The van der Waals surface area contributed by atoms with Crippen LogP contribution in [0.3, 0.4) is 0 Å². The highest BCUT2D eigenvalue weighted by molar-refractivity contribution is 8.13. The van der Waals surface area contributed by atoms with Crippen molar-refractivity contribution in [2.75, 3.05) is 12.9 Å². The number of carbonyl (C=O) groups excluding carboxylic acids is 1. The number of thioether (sulfide) groups is 1. The maximum atomic E-state index is 10.7. The summed E-state index contributed by atoms with van der Waals surface area (Å²) in [5.74, 6) is 0.811. The minimum Gasteiger partial charge on any atom is -0.481 e. The Morgan fingerprint density at radius 2 is 2.39 bits per heavy atom. The second kappa shape index (κ2) is 6.75. The number of hydrogen-bond acceptors (Lipinski definition) is 6. The molecule has 1 aromatic rings. The second-order valence-electron chi connectivity index (χ2n) is 3.25. The summed E-state index contributed by atoms with van der Waals surface area (Å²) in [5, 5.41) is 10.6. The fraction of sp³-hybridized carbons (Fsp3) is 0.273. The first-order valence-electron chi connectivity index (χ1n) is 5.03. The number of pyridine rings is 1. The van der Waals surface area contributed by atoms with Gasteiger partial charge in [0.25, 0.3) is 5.69 Å². The lowest BCUT2D eigenvalue weighted by Gasteiger charge is -2.02. The Labute approximate surface area is 108 Å². The van der Waals surface area contributed by atoms with Crippen LogP contribution in [-0.4, -0.2) is 27.9 Å². The quantitative estimate of drug-likeness (QED) is 0.602. The Bertz CT molecular complexity index is 488. The fourth-order valence-corrected chi connectivity index (χ4v) is 1.62. The van der Waals surface area contributed by atoms with Gasteiger partial charge in [0.1, 0.15) is 6.20 Å². The fourth-order valence-electron chi connectivity index (χ4n) is 1.19. The number of nitro groups is 1. The van der Waals surface area contributed by atoms with E-state index in [1.165, 1.54) is 20.1 Å². The summed E-state index contributed by atoms with van der Waals surface area (Å²) >= 11 is 1.15. The predicted molar refractivity (Wildman–Crippen MR) is 69.6 cm³/mol. The molecule has 0 spiro atoms. The van der Waals surface area contributed by atoms with Gasteiger partial charge in [-0.25, -0.2) is 4.98 Å². The van der Waals surface area contributed by atoms with E-state index >= 15 is 0 Å². The lowest BCUT2D eigenvalue weighted by atomic mass is 10.2. The standard InChI is InChI=1S/C11H12N2O4S/c1-8(14)18-5-3-4-9-6-10(13(15)16)7-12-11(9)17-2/h3-4,6-7H,5H2,1-2H3. The molecule has 0 radical (unpaired) electrons. The van der Waals surface area contributed by atoms with E-state index in [1.54, 1.807) is 12.2 Å². The van der Waals surface area contributed by atoms with Crippen molar-refractivity contribution >= 4 is 28.6 Å². The number of nitrogens with zero attached hydrogens (tertiary/aromatic N) is 2. The zero-order valence-corrected chi connectivity index (χ0v) is 10.8. The third kappa shape index (κ3) is 4.17. The monoisotopic (exact) mass is 268 g/mol. The van der Waals surface area contributed by atoms with Crippen LogP contribution in [0.4, 0.5) is 5.69 Å². The molecule has 0 unspecified atom stereocenters. The molecule has 0 bridgehead atoms. The molecule has 0 fully saturated rings. The van der Waals surface area contributed by atoms with E-state index in [1.807, 2.05) is 0 Å². The smallest absolute Gasteiger partial charge is 0.288 e. The van der Waals surface area contributed by atoms with Crippen LogP contribution < -0.4 is 4.74 Å². The van der Waals surface area contributed by atoms with Gasteiger partial charge in [0.15, 0.2) is 5.12 Å². The van der Waals surface area contributed by atoms with Crippen LogP contribution in [0.15, 0.2) is 18.3 Å². The van der Waals surface area contributed by atoms with Gasteiger partial charge in [0.05, 0.1) is 12.0 Å². The van der Waals surface area contributed by atoms with Crippen molar-refractivity contribution in [3.63, 3.8) is 0 Å². The lowest BCUT2D eigenvalue weighted by molar-refractivity contribution is -0.385. The number of ether oxygens (including phenoxy) is 1. The Hall–Kier alpha value is -1.89. The van der Waals surface area contributed by atoms with Crippen LogP contribution >= 0.6 is 11.8 Å². The Morgan fingerprint density at radius 1 is 1.67 bits per heavy atom. The summed E-state index contributed by atoms with van der Waals surface area (Å²) in [6, 6.07) is 1.38. The van der Waals surface area contributed by atoms with Crippen LogP contribution in [0.25, 0.3) is 6.08 Å². The molecule has 0 aliphatic carbocycles. The molecule has 0 aliphatic rings. The molecule has 0 aromatic carbocycles. The predicted octanol–water partition coefficient (Wildman–Crippen LogP) is 2.29. The van der Waals surface area contributed by atoms with Gasteiger partial charge in [0.2, 0.25) is 5.88 Å². The molecule has 0 N–H and O–H groups in total. The van der Waals surface area contributed by atoms with Crippen molar-refractivity contribution in [2.45, 2.75) is 6.92 Å². The van der Waals surface area contributed by atoms with E-state index in [4.69, 9.17) is 4.74 Å². The third-order valence-electron chi connectivity index (χ3n) is 1.95. The molecule has 1 heterocycles. The van der Waals surface area contributed by atoms with Gasteiger partial charge in [-0.3, -0.25) is 14.9 Å². The Kier molecular flexibility index (Phi) is 5.31. The number of carbonyl (C=O) groups is 1. The minimum atomic E-state index is -0.520. The molecular weight excluding hydrogens is 256 g/mol. The number of rotatable bonds is 5. The zero-order valence-electron chi connectivity index (χ0n) is 9.95. The minimum absolute atomic E-state index is 0.0174. The molecule has 18 heavy (non-hydrogen) atoms. The molecular formula is C11H12N2O4S. The SMILES string of the molecule is COc1ncc([N+](=O)[O-])cc1C=CCSC(C)=O. The van der Waals surface area contributed by atoms with E-state index in [0.29, 0.717) is 17.2 Å². The van der Waals surface area contributed by atoms with E-state index in [9.17, 15) is 14.9 Å². The highest BCUT2D eigenvalue weighted by atomic mass is 32.2. The highest BCUT2D eigenvalue weighted by Crippen LogP contribution is 2.22. The van der Waals surface area contributed by atoms with Crippen LogP contribution in [0.5, 0.6) is 5.88 Å². The van der Waals surface area contributed by atoms with Gasteiger partial charge in [-0.15, -0.1) is 0 Å². The molecule has 0 saturated heterocycles. The highest BCUT2D eigenvalue weighted by Gasteiger charge is 2.10. The van der Waals surface area contributed by atoms with Gasteiger partial charge in [0, 0.05) is 24.3 Å². The number of hydrogen-bond donors (Lipinski definition) is 0. The van der Waals surface area contributed by atoms with Crippen molar-refractivity contribution < 1.29 is 14.5 Å². The zero-order chi connectivity index (χ0) is 13.5. The maximum Gasteiger partial charge on any atom is 0.288 e. The largest absolute Gasteiger partial charge is 0.481 e. The van der Waals surface area contributed by atoms with Crippen molar-refractivity contribution in [3.05, 3.63) is 34.0 Å². The van der Waals surface area contributed by atoms with Crippen LogP contribution in [-0.2, 0) is 4.79 Å². The molecule has 0 amide bonds. The summed E-state index contributed by atoms with van der Waals surface area (Å²) in [4.78, 5) is 24.7. The van der Waals surface area contributed by atoms with Gasteiger partial charge in [-0.2, -0.15) is 0 Å². The number of aromatic nitrogens is 1. The first-order chi connectivity index (χ1) is 8.54. The van der Waals surface area contributed by atoms with Gasteiger partial charge in [-0.1, -0.05) is 23.9 Å². The van der Waals surface area contributed by atoms with E-state index in [0.717, 1.165) is 18.0 Å². The topological polar surface area (TPSA) is 82.3 Å². The average molecular weight is 268 g/mol. The van der Waals surface area contributed by atoms with Gasteiger partial charge < -0.3 is 4.74 Å². The van der Waals surface area contributed by atoms with Crippen LogP contribution in [0, 0.1) is 10.1 Å².